The summed E-state index contributed by atoms with van der Waals surface area (Å²) in [6, 6.07) is 9.07. The van der Waals surface area contributed by atoms with Gasteiger partial charge in [0.1, 0.15) is 0 Å². The van der Waals surface area contributed by atoms with Gasteiger partial charge in [-0.2, -0.15) is 26.3 Å². The predicted molar refractivity (Wildman–Crippen MR) is 94.8 cm³/mol. The Bertz CT molecular complexity index is 774. The standard InChI is InChI=1S/C19H19F6N3/c20-18(21,22)14-9-13(10-15(11-14)19(23,24)25)12-27-5-7-28(8-6-27)17-3-1-16(26)2-4-17/h1-4,9-11H,5-8,12,26H2. The van der Waals surface area contributed by atoms with E-state index in [4.69, 9.17) is 5.73 Å². The molecular weight excluding hydrogens is 384 g/mol. The van der Waals surface area contributed by atoms with E-state index in [2.05, 4.69) is 4.90 Å². The van der Waals surface area contributed by atoms with Gasteiger partial charge in [-0.3, -0.25) is 4.90 Å². The van der Waals surface area contributed by atoms with Crippen LogP contribution in [0.1, 0.15) is 16.7 Å². The Morgan fingerprint density at radius 2 is 1.25 bits per heavy atom. The monoisotopic (exact) mass is 403 g/mol. The molecule has 1 aliphatic rings. The van der Waals surface area contributed by atoms with E-state index in [1.54, 1.807) is 12.1 Å². The van der Waals surface area contributed by atoms with Crippen LogP contribution in [0.2, 0.25) is 0 Å². The Labute approximate surface area is 158 Å². The fraction of sp³-hybridized carbons (Fsp3) is 0.368. The van der Waals surface area contributed by atoms with Crippen LogP contribution >= 0.6 is 0 Å². The lowest BCUT2D eigenvalue weighted by atomic mass is 10.0. The molecule has 1 aliphatic heterocycles. The Kier molecular flexibility index (Phi) is 5.47. The fourth-order valence-corrected chi connectivity index (χ4v) is 3.22. The third-order valence-electron chi connectivity index (χ3n) is 4.68. The maximum atomic E-state index is 13.0. The minimum atomic E-state index is -4.83. The smallest absolute Gasteiger partial charge is 0.399 e. The lowest BCUT2D eigenvalue weighted by Crippen LogP contribution is -2.46. The van der Waals surface area contributed by atoms with E-state index in [1.807, 2.05) is 17.0 Å². The maximum Gasteiger partial charge on any atom is 0.416 e. The molecule has 2 N–H and O–H groups in total. The van der Waals surface area contributed by atoms with Crippen molar-refractivity contribution in [1.29, 1.82) is 0 Å². The number of nitrogens with two attached hydrogens (primary N) is 1. The van der Waals surface area contributed by atoms with Crippen LogP contribution in [-0.2, 0) is 18.9 Å². The molecule has 0 saturated carbocycles. The number of hydrogen-bond acceptors (Lipinski definition) is 3. The number of alkyl halides is 6. The van der Waals surface area contributed by atoms with Crippen LogP contribution in [0.15, 0.2) is 42.5 Å². The highest BCUT2D eigenvalue weighted by Gasteiger charge is 2.37. The third kappa shape index (κ3) is 4.89. The van der Waals surface area contributed by atoms with Crippen molar-refractivity contribution in [3.05, 3.63) is 59.2 Å². The van der Waals surface area contributed by atoms with Gasteiger partial charge < -0.3 is 10.6 Å². The molecule has 0 amide bonds. The first-order valence-corrected chi connectivity index (χ1v) is 8.63. The predicted octanol–water partition coefficient (Wildman–Crippen LogP) is 4.63. The molecule has 0 radical (unpaired) electrons. The van der Waals surface area contributed by atoms with Crippen molar-refractivity contribution in [2.45, 2.75) is 18.9 Å². The Balaban J connectivity index is 1.71. The second-order valence-electron chi connectivity index (χ2n) is 6.77. The first-order valence-electron chi connectivity index (χ1n) is 8.63. The van der Waals surface area contributed by atoms with Crippen LogP contribution in [0.3, 0.4) is 0 Å². The van der Waals surface area contributed by atoms with Crippen molar-refractivity contribution in [3.8, 4) is 0 Å². The Morgan fingerprint density at radius 3 is 1.71 bits per heavy atom. The van der Waals surface area contributed by atoms with Crippen LogP contribution in [0.25, 0.3) is 0 Å². The maximum absolute atomic E-state index is 13.0. The molecule has 2 aromatic rings. The number of piperazine rings is 1. The highest BCUT2D eigenvalue weighted by atomic mass is 19.4. The number of halogens is 6. The summed E-state index contributed by atoms with van der Waals surface area (Å²) < 4.78 is 77.9. The molecular formula is C19H19F6N3. The summed E-state index contributed by atoms with van der Waals surface area (Å²) in [7, 11) is 0. The largest absolute Gasteiger partial charge is 0.416 e. The normalized spacial score (nSPS) is 16.4. The number of rotatable bonds is 3. The van der Waals surface area contributed by atoms with Crippen LogP contribution in [0.5, 0.6) is 0 Å². The first-order chi connectivity index (χ1) is 13.0. The molecule has 0 unspecified atom stereocenters. The van der Waals surface area contributed by atoms with E-state index in [0.717, 1.165) is 17.8 Å². The highest BCUT2D eigenvalue weighted by molar-refractivity contribution is 5.53. The van der Waals surface area contributed by atoms with Gasteiger partial charge >= 0.3 is 12.4 Å². The number of anilines is 2. The molecule has 0 aromatic heterocycles. The lowest BCUT2D eigenvalue weighted by molar-refractivity contribution is -0.143. The minimum absolute atomic E-state index is 0.00286. The molecule has 3 nitrogen and oxygen atoms in total. The average molecular weight is 403 g/mol. The second kappa shape index (κ2) is 7.54. The molecule has 1 fully saturated rings. The fourth-order valence-electron chi connectivity index (χ4n) is 3.22. The van der Waals surface area contributed by atoms with Crippen LogP contribution in [0, 0.1) is 0 Å². The van der Waals surface area contributed by atoms with Crippen molar-refractivity contribution in [2.75, 3.05) is 36.8 Å². The van der Waals surface area contributed by atoms with Gasteiger partial charge in [0.25, 0.3) is 0 Å². The molecule has 0 bridgehead atoms. The van der Waals surface area contributed by atoms with E-state index in [-0.39, 0.29) is 18.2 Å². The number of nitrogen functional groups attached to an aromatic ring is 1. The Hall–Kier alpha value is -2.42. The van der Waals surface area contributed by atoms with Crippen molar-refractivity contribution in [3.63, 3.8) is 0 Å². The summed E-state index contributed by atoms with van der Waals surface area (Å²) in [6.45, 7) is 2.33. The summed E-state index contributed by atoms with van der Waals surface area (Å²) in [5, 5.41) is 0. The van der Waals surface area contributed by atoms with Gasteiger partial charge in [0, 0.05) is 44.1 Å². The van der Waals surface area contributed by atoms with E-state index in [1.165, 1.54) is 0 Å². The van der Waals surface area contributed by atoms with E-state index in [0.29, 0.717) is 31.9 Å². The molecule has 28 heavy (non-hydrogen) atoms. The molecule has 9 heteroatoms. The highest BCUT2D eigenvalue weighted by Crippen LogP contribution is 2.36. The van der Waals surface area contributed by atoms with Gasteiger partial charge in [0.15, 0.2) is 0 Å². The van der Waals surface area contributed by atoms with E-state index < -0.39 is 23.5 Å². The lowest BCUT2D eigenvalue weighted by Gasteiger charge is -2.36. The Morgan fingerprint density at radius 1 is 0.750 bits per heavy atom. The van der Waals surface area contributed by atoms with Gasteiger partial charge in [0.05, 0.1) is 11.1 Å². The molecule has 0 atom stereocenters. The molecule has 152 valence electrons. The van der Waals surface area contributed by atoms with Gasteiger partial charge in [0.2, 0.25) is 0 Å². The summed E-state index contributed by atoms with van der Waals surface area (Å²) >= 11 is 0. The summed E-state index contributed by atoms with van der Waals surface area (Å²) in [4.78, 5) is 3.95. The minimum Gasteiger partial charge on any atom is -0.399 e. The van der Waals surface area contributed by atoms with Crippen molar-refractivity contribution < 1.29 is 26.3 Å². The van der Waals surface area contributed by atoms with Crippen LogP contribution in [0.4, 0.5) is 37.7 Å². The van der Waals surface area contributed by atoms with E-state index in [9.17, 15) is 26.3 Å². The third-order valence-corrected chi connectivity index (χ3v) is 4.68. The van der Waals surface area contributed by atoms with E-state index >= 15 is 0 Å². The first kappa shape index (κ1) is 20.3. The molecule has 1 heterocycles. The molecule has 0 spiro atoms. The number of nitrogens with zero attached hydrogens (tertiary/aromatic N) is 2. The molecule has 1 saturated heterocycles. The summed E-state index contributed by atoms with van der Waals surface area (Å²) in [5.74, 6) is 0. The molecule has 0 aliphatic carbocycles. The summed E-state index contributed by atoms with van der Waals surface area (Å²) in [5.41, 5.74) is 4.73. The van der Waals surface area contributed by atoms with Crippen LogP contribution < -0.4 is 10.6 Å². The van der Waals surface area contributed by atoms with Crippen LogP contribution in [-0.4, -0.2) is 31.1 Å². The topological polar surface area (TPSA) is 32.5 Å². The second-order valence-corrected chi connectivity index (χ2v) is 6.77. The van der Waals surface area contributed by atoms with Crippen molar-refractivity contribution in [1.82, 2.24) is 4.90 Å². The average Bonchev–Trinajstić information content (AvgIpc) is 2.61. The van der Waals surface area contributed by atoms with Crippen molar-refractivity contribution >= 4 is 11.4 Å². The quantitative estimate of drug-likeness (QED) is 0.599. The van der Waals surface area contributed by atoms with Gasteiger partial charge in [-0.05, 0) is 48.0 Å². The molecule has 2 aromatic carbocycles. The zero-order chi connectivity index (χ0) is 20.5. The molecule has 3 rings (SSSR count). The van der Waals surface area contributed by atoms with Crippen molar-refractivity contribution in [2.24, 2.45) is 0 Å². The zero-order valence-electron chi connectivity index (χ0n) is 14.8. The van der Waals surface area contributed by atoms with Gasteiger partial charge in [-0.25, -0.2) is 0 Å². The van der Waals surface area contributed by atoms with Gasteiger partial charge in [-0.1, -0.05) is 0 Å². The SMILES string of the molecule is Nc1ccc(N2CCN(Cc3cc(C(F)(F)F)cc(C(F)(F)F)c3)CC2)cc1. The number of benzene rings is 2. The summed E-state index contributed by atoms with van der Waals surface area (Å²) in [6.07, 6.45) is -9.66. The zero-order valence-corrected chi connectivity index (χ0v) is 14.8. The van der Waals surface area contributed by atoms with Gasteiger partial charge in [-0.15, -0.1) is 0 Å². The number of hydrogen-bond donors (Lipinski definition) is 1.